The average Bonchev–Trinajstić information content (AvgIpc) is 3.21. The van der Waals surface area contributed by atoms with Gasteiger partial charge in [-0.2, -0.15) is 0 Å². The fraction of sp³-hybridized carbons (Fsp3) is 0.208. The van der Waals surface area contributed by atoms with E-state index in [0.717, 1.165) is 33.9 Å². The maximum atomic E-state index is 6.58. The summed E-state index contributed by atoms with van der Waals surface area (Å²) in [6.45, 7) is 1.86. The second-order valence-corrected chi connectivity index (χ2v) is 7.11. The van der Waals surface area contributed by atoms with Crippen LogP contribution in [0, 0.1) is 0 Å². The first kappa shape index (κ1) is 17.6. The first-order valence-electron chi connectivity index (χ1n) is 9.46. The van der Waals surface area contributed by atoms with Gasteiger partial charge >= 0.3 is 0 Å². The summed E-state index contributed by atoms with van der Waals surface area (Å²) in [6.07, 6.45) is 0. The molecule has 0 N–H and O–H groups in total. The van der Waals surface area contributed by atoms with Gasteiger partial charge in [-0.3, -0.25) is 0 Å². The molecule has 2 aliphatic rings. The molecule has 0 aliphatic carbocycles. The molecule has 3 aromatic rings. The molecule has 3 aromatic carbocycles. The number of fused-ring (bicyclic) bond motifs is 3. The Morgan fingerprint density at radius 1 is 0.724 bits per heavy atom. The first-order valence-corrected chi connectivity index (χ1v) is 9.46. The van der Waals surface area contributed by atoms with Gasteiger partial charge in [-0.15, -0.1) is 0 Å². The molecule has 0 radical (unpaired) electrons. The van der Waals surface area contributed by atoms with E-state index < -0.39 is 11.3 Å². The lowest BCUT2D eigenvalue weighted by Crippen LogP contribution is -2.46. The second-order valence-electron chi connectivity index (χ2n) is 7.11. The molecule has 29 heavy (non-hydrogen) atoms. The molecule has 0 bridgehead atoms. The molecule has 0 fully saturated rings. The van der Waals surface area contributed by atoms with Crippen molar-refractivity contribution in [1.82, 2.24) is 0 Å². The van der Waals surface area contributed by atoms with E-state index in [1.807, 2.05) is 79.7 Å². The summed E-state index contributed by atoms with van der Waals surface area (Å²) < 4.78 is 23.8. The quantitative estimate of drug-likeness (QED) is 0.654. The molecular formula is C24H21NO4. The van der Waals surface area contributed by atoms with E-state index in [4.69, 9.17) is 23.9 Å². The van der Waals surface area contributed by atoms with E-state index in [-0.39, 0.29) is 0 Å². The van der Waals surface area contributed by atoms with E-state index in [1.54, 1.807) is 14.2 Å². The number of para-hydroxylation sites is 1. The fourth-order valence-electron chi connectivity index (χ4n) is 4.33. The summed E-state index contributed by atoms with van der Waals surface area (Å²) in [5.41, 5.74) is 0.777. The van der Waals surface area contributed by atoms with Gasteiger partial charge in [0.25, 0.3) is 5.72 Å². The van der Waals surface area contributed by atoms with Crippen LogP contribution in [0.25, 0.3) is 0 Å². The van der Waals surface area contributed by atoms with Gasteiger partial charge < -0.3 is 18.9 Å². The molecule has 0 amide bonds. The van der Waals surface area contributed by atoms with E-state index in [1.165, 1.54) is 0 Å². The van der Waals surface area contributed by atoms with E-state index in [9.17, 15) is 0 Å². The van der Waals surface area contributed by atoms with Crippen LogP contribution in [0.15, 0.2) is 77.8 Å². The number of benzene rings is 3. The molecule has 5 nitrogen and oxygen atoms in total. The second kappa shape index (κ2) is 6.27. The highest BCUT2D eigenvalue weighted by atomic mass is 16.6. The molecule has 146 valence electrons. The molecule has 2 atom stereocenters. The molecule has 0 saturated carbocycles. The minimum atomic E-state index is -1.07. The van der Waals surface area contributed by atoms with Crippen molar-refractivity contribution in [3.05, 3.63) is 89.5 Å². The van der Waals surface area contributed by atoms with Gasteiger partial charge in [0.1, 0.15) is 17.2 Å². The molecule has 2 heterocycles. The maximum absolute atomic E-state index is 6.58. The number of hydrogen-bond acceptors (Lipinski definition) is 5. The Balaban J connectivity index is 1.78. The minimum Gasteiger partial charge on any atom is -0.497 e. The van der Waals surface area contributed by atoms with Gasteiger partial charge in [0, 0.05) is 23.6 Å². The molecule has 0 spiro atoms. The van der Waals surface area contributed by atoms with Crippen LogP contribution in [-0.4, -0.2) is 20.1 Å². The first-order chi connectivity index (χ1) is 14.1. The third kappa shape index (κ3) is 2.30. The maximum Gasteiger partial charge on any atom is 0.277 e. The Labute approximate surface area is 169 Å². The zero-order valence-electron chi connectivity index (χ0n) is 16.5. The van der Waals surface area contributed by atoms with Crippen LogP contribution in [0.1, 0.15) is 23.6 Å². The van der Waals surface area contributed by atoms with Crippen molar-refractivity contribution in [2.24, 2.45) is 4.99 Å². The van der Waals surface area contributed by atoms with Gasteiger partial charge in [-0.25, -0.2) is 4.99 Å². The third-order valence-electron chi connectivity index (χ3n) is 5.59. The lowest BCUT2D eigenvalue weighted by Gasteiger charge is -2.36. The van der Waals surface area contributed by atoms with Gasteiger partial charge in [0.15, 0.2) is 5.90 Å². The normalized spacial score (nSPS) is 24.0. The van der Waals surface area contributed by atoms with Crippen LogP contribution in [0.5, 0.6) is 17.2 Å². The number of methoxy groups -OCH3 is 2. The fourth-order valence-corrected chi connectivity index (χ4v) is 4.33. The summed E-state index contributed by atoms with van der Waals surface area (Å²) in [6, 6.07) is 23.6. The number of hydrogen-bond donors (Lipinski definition) is 0. The lowest BCUT2D eigenvalue weighted by atomic mass is 9.76. The number of ether oxygens (including phenoxy) is 4. The zero-order chi connectivity index (χ0) is 20.1. The predicted molar refractivity (Wildman–Crippen MR) is 110 cm³/mol. The smallest absolute Gasteiger partial charge is 0.277 e. The van der Waals surface area contributed by atoms with Crippen molar-refractivity contribution in [3.8, 4) is 17.2 Å². The Kier molecular flexibility index (Phi) is 3.81. The van der Waals surface area contributed by atoms with Gasteiger partial charge in [0.2, 0.25) is 5.60 Å². The summed E-state index contributed by atoms with van der Waals surface area (Å²) >= 11 is 0. The Morgan fingerprint density at radius 3 is 1.93 bits per heavy atom. The topological polar surface area (TPSA) is 49.3 Å². The van der Waals surface area contributed by atoms with Gasteiger partial charge in [-0.1, -0.05) is 30.3 Å². The van der Waals surface area contributed by atoms with Crippen LogP contribution in [0.3, 0.4) is 0 Å². The highest BCUT2D eigenvalue weighted by Crippen LogP contribution is 2.61. The SMILES string of the molecule is COc1ccc([C@@]23OC(C)=N[C@]2(c2ccc(OC)cc2)Oc2ccccc23)cc1. The van der Waals surface area contributed by atoms with E-state index >= 15 is 0 Å². The number of nitrogens with zero attached hydrogens (tertiary/aromatic N) is 1. The van der Waals surface area contributed by atoms with Crippen LogP contribution in [0.4, 0.5) is 0 Å². The monoisotopic (exact) mass is 387 g/mol. The summed E-state index contributed by atoms with van der Waals surface area (Å²) in [5.74, 6) is 2.89. The highest BCUT2D eigenvalue weighted by Gasteiger charge is 2.68. The van der Waals surface area contributed by atoms with Crippen molar-refractivity contribution in [2.45, 2.75) is 18.2 Å². The molecule has 2 aliphatic heterocycles. The summed E-state index contributed by atoms with van der Waals surface area (Å²) in [4.78, 5) is 4.91. The lowest BCUT2D eigenvalue weighted by molar-refractivity contribution is -0.0490. The average molecular weight is 387 g/mol. The van der Waals surface area contributed by atoms with E-state index in [2.05, 4.69) is 0 Å². The summed E-state index contributed by atoms with van der Waals surface area (Å²) in [5, 5.41) is 0. The standard InChI is InChI=1S/C24H21NO4/c1-16-25-24(18-10-14-20(27-3)15-11-18)23(28-16,17-8-12-19(26-2)13-9-17)21-6-4-5-7-22(21)29-24/h4-15H,1-3H3/t23-,24+/m0/s1. The molecular weight excluding hydrogens is 366 g/mol. The van der Waals surface area contributed by atoms with Crippen LogP contribution < -0.4 is 14.2 Å². The van der Waals surface area contributed by atoms with Crippen LogP contribution in [0.2, 0.25) is 0 Å². The van der Waals surface area contributed by atoms with Crippen molar-refractivity contribution in [3.63, 3.8) is 0 Å². The van der Waals surface area contributed by atoms with Gasteiger partial charge in [-0.05, 0) is 42.5 Å². The van der Waals surface area contributed by atoms with Crippen LogP contribution >= 0.6 is 0 Å². The predicted octanol–water partition coefficient (Wildman–Crippen LogP) is 4.64. The van der Waals surface area contributed by atoms with Crippen molar-refractivity contribution in [1.29, 1.82) is 0 Å². The summed E-state index contributed by atoms with van der Waals surface area (Å²) in [7, 11) is 3.31. The molecule has 0 saturated heterocycles. The Bertz CT molecular complexity index is 1090. The minimum absolute atomic E-state index is 0.575. The molecule has 0 unspecified atom stereocenters. The largest absolute Gasteiger partial charge is 0.497 e. The highest BCUT2D eigenvalue weighted by molar-refractivity contribution is 5.80. The van der Waals surface area contributed by atoms with Gasteiger partial charge in [0.05, 0.1) is 14.2 Å². The zero-order valence-corrected chi connectivity index (χ0v) is 16.5. The third-order valence-corrected chi connectivity index (χ3v) is 5.59. The van der Waals surface area contributed by atoms with Crippen LogP contribution in [-0.2, 0) is 16.1 Å². The van der Waals surface area contributed by atoms with Crippen molar-refractivity contribution >= 4 is 5.90 Å². The van der Waals surface area contributed by atoms with E-state index in [0.29, 0.717) is 5.90 Å². The molecule has 5 rings (SSSR count). The number of rotatable bonds is 4. The molecule has 0 aromatic heterocycles. The Hall–Kier alpha value is -3.47. The Morgan fingerprint density at radius 2 is 1.31 bits per heavy atom. The number of aliphatic imine (C=N–C) groups is 1. The molecule has 5 heteroatoms. The van der Waals surface area contributed by atoms with Crippen molar-refractivity contribution < 1.29 is 18.9 Å². The van der Waals surface area contributed by atoms with Crippen molar-refractivity contribution in [2.75, 3.05) is 14.2 Å².